The van der Waals surface area contributed by atoms with E-state index in [1.54, 1.807) is 24.3 Å². The van der Waals surface area contributed by atoms with Crippen molar-refractivity contribution >= 4 is 22.8 Å². The minimum absolute atomic E-state index is 0.299. The first kappa shape index (κ1) is 11.9. The molecule has 0 fully saturated rings. The van der Waals surface area contributed by atoms with Crippen LogP contribution in [0.25, 0.3) is 0 Å². The molecule has 0 amide bonds. The van der Waals surface area contributed by atoms with Gasteiger partial charge in [0.2, 0.25) is 0 Å². The minimum Gasteiger partial charge on any atom is -0.452 e. The van der Waals surface area contributed by atoms with E-state index in [-0.39, 0.29) is 5.30 Å². The second kappa shape index (κ2) is 4.57. The topological polar surface area (TPSA) is 52.3 Å². The Morgan fingerprint density at radius 2 is 1.80 bits per heavy atom. The van der Waals surface area contributed by atoms with Crippen LogP contribution in [0, 0.1) is 0 Å². The molecule has 0 radical (unpaired) electrons. The van der Waals surface area contributed by atoms with Gasteiger partial charge in [-0.25, -0.2) is 4.79 Å². The van der Waals surface area contributed by atoms with E-state index in [2.05, 4.69) is 0 Å². The number of benzene rings is 1. The number of hydrogen-bond acceptors (Lipinski definition) is 4. The van der Waals surface area contributed by atoms with Gasteiger partial charge in [-0.15, -0.1) is 0 Å². The van der Waals surface area contributed by atoms with Gasteiger partial charge in [0.25, 0.3) is 0 Å². The van der Waals surface area contributed by atoms with Crippen LogP contribution in [-0.4, -0.2) is 10.9 Å². The van der Waals surface area contributed by atoms with Gasteiger partial charge in [-0.1, -0.05) is 0 Å². The molecule has 0 saturated heterocycles. The Morgan fingerprint density at radius 3 is 2.27 bits per heavy atom. The Balaban J connectivity index is 2.55. The zero-order chi connectivity index (χ0) is 11.5. The molecule has 0 saturated carbocycles. The number of ether oxygens (including phenoxy) is 1. The number of thioether (sulfide) groups is 1. The third-order valence-electron chi connectivity index (χ3n) is 1.47. The van der Waals surface area contributed by atoms with E-state index in [1.807, 2.05) is 20.8 Å². The third-order valence-corrected chi connectivity index (χ3v) is 2.23. The molecule has 0 aliphatic rings. The molecule has 1 aromatic carbocycles. The number of carbonyl (C=O) groups excluding carboxylic acids is 1. The summed E-state index contributed by atoms with van der Waals surface area (Å²) in [7, 11) is 0. The standard InChI is InChI=1S/C11H15NO2S/c1-11(2,3)14-10(13)15-9-6-4-8(12)5-7-9/h4-7H,12H2,1-3H3. The van der Waals surface area contributed by atoms with Crippen LogP contribution in [0.4, 0.5) is 10.5 Å². The molecular weight excluding hydrogens is 210 g/mol. The normalized spacial score (nSPS) is 11.1. The quantitative estimate of drug-likeness (QED) is 0.452. The van der Waals surface area contributed by atoms with E-state index in [0.29, 0.717) is 5.69 Å². The van der Waals surface area contributed by atoms with Gasteiger partial charge in [0.05, 0.1) is 0 Å². The highest BCUT2D eigenvalue weighted by molar-refractivity contribution is 8.13. The first-order valence-electron chi connectivity index (χ1n) is 4.63. The highest BCUT2D eigenvalue weighted by atomic mass is 32.2. The zero-order valence-corrected chi connectivity index (χ0v) is 9.93. The molecule has 0 spiro atoms. The van der Waals surface area contributed by atoms with Crippen molar-refractivity contribution in [3.05, 3.63) is 24.3 Å². The van der Waals surface area contributed by atoms with Gasteiger partial charge in [0.15, 0.2) is 0 Å². The number of anilines is 1. The smallest absolute Gasteiger partial charge is 0.372 e. The lowest BCUT2D eigenvalue weighted by molar-refractivity contribution is 0.0738. The zero-order valence-electron chi connectivity index (χ0n) is 9.11. The molecule has 1 aromatic rings. The van der Waals surface area contributed by atoms with Gasteiger partial charge in [0.1, 0.15) is 5.60 Å². The van der Waals surface area contributed by atoms with E-state index in [4.69, 9.17) is 10.5 Å². The minimum atomic E-state index is -0.447. The van der Waals surface area contributed by atoms with Gasteiger partial charge in [-0.2, -0.15) is 0 Å². The maximum atomic E-state index is 11.4. The average molecular weight is 225 g/mol. The third kappa shape index (κ3) is 4.74. The lowest BCUT2D eigenvalue weighted by Crippen LogP contribution is -2.21. The van der Waals surface area contributed by atoms with Crippen LogP contribution in [-0.2, 0) is 4.74 Å². The predicted molar refractivity (Wildman–Crippen MR) is 62.9 cm³/mol. The molecular formula is C11H15NO2S. The van der Waals surface area contributed by atoms with E-state index >= 15 is 0 Å². The SMILES string of the molecule is CC(C)(C)OC(=O)Sc1ccc(N)cc1. The fourth-order valence-electron chi connectivity index (χ4n) is 0.903. The van der Waals surface area contributed by atoms with Crippen LogP contribution in [0.5, 0.6) is 0 Å². The first-order valence-corrected chi connectivity index (χ1v) is 5.45. The maximum absolute atomic E-state index is 11.4. The number of nitrogen functional groups attached to an aromatic ring is 1. The maximum Gasteiger partial charge on any atom is 0.372 e. The van der Waals surface area contributed by atoms with Crippen LogP contribution < -0.4 is 5.73 Å². The van der Waals surface area contributed by atoms with Crippen molar-refractivity contribution in [3.8, 4) is 0 Å². The lowest BCUT2D eigenvalue weighted by Gasteiger charge is -2.18. The summed E-state index contributed by atoms with van der Waals surface area (Å²) < 4.78 is 5.16. The summed E-state index contributed by atoms with van der Waals surface area (Å²) in [5, 5.41) is -0.299. The summed E-state index contributed by atoms with van der Waals surface area (Å²) in [6.45, 7) is 5.53. The van der Waals surface area contributed by atoms with E-state index < -0.39 is 5.60 Å². The molecule has 3 nitrogen and oxygen atoms in total. The van der Waals surface area contributed by atoms with Gasteiger partial charge in [-0.3, -0.25) is 0 Å². The van der Waals surface area contributed by atoms with Crippen molar-refractivity contribution < 1.29 is 9.53 Å². The predicted octanol–water partition coefficient (Wildman–Crippen LogP) is 3.30. The molecule has 15 heavy (non-hydrogen) atoms. The second-order valence-electron chi connectivity index (χ2n) is 4.14. The second-order valence-corrected chi connectivity index (χ2v) is 5.14. The molecule has 0 unspecified atom stereocenters. The molecule has 0 aromatic heterocycles. The number of carbonyl (C=O) groups is 1. The average Bonchev–Trinajstić information content (AvgIpc) is 2.05. The summed E-state index contributed by atoms with van der Waals surface area (Å²) in [4.78, 5) is 12.3. The fourth-order valence-corrected chi connectivity index (χ4v) is 1.66. The van der Waals surface area contributed by atoms with E-state index in [1.165, 1.54) is 0 Å². The monoisotopic (exact) mass is 225 g/mol. The highest BCUT2D eigenvalue weighted by Crippen LogP contribution is 2.23. The van der Waals surface area contributed by atoms with Crippen molar-refractivity contribution in [2.24, 2.45) is 0 Å². The summed E-state index contributed by atoms with van der Waals surface area (Å²) in [5.41, 5.74) is 5.77. The lowest BCUT2D eigenvalue weighted by atomic mass is 10.2. The van der Waals surface area contributed by atoms with Crippen LogP contribution >= 0.6 is 11.8 Å². The molecule has 82 valence electrons. The molecule has 0 heterocycles. The van der Waals surface area contributed by atoms with Crippen molar-refractivity contribution in [2.75, 3.05) is 5.73 Å². The van der Waals surface area contributed by atoms with Crippen molar-refractivity contribution in [1.29, 1.82) is 0 Å². The molecule has 0 atom stereocenters. The first-order chi connectivity index (χ1) is 6.87. The van der Waals surface area contributed by atoms with Gasteiger partial charge >= 0.3 is 5.30 Å². The van der Waals surface area contributed by atoms with Crippen LogP contribution in [0.15, 0.2) is 29.2 Å². The highest BCUT2D eigenvalue weighted by Gasteiger charge is 2.16. The number of hydrogen-bond donors (Lipinski definition) is 1. The summed E-state index contributed by atoms with van der Waals surface area (Å²) in [6, 6.07) is 7.10. The Morgan fingerprint density at radius 1 is 1.27 bits per heavy atom. The fraction of sp³-hybridized carbons (Fsp3) is 0.364. The largest absolute Gasteiger partial charge is 0.452 e. The summed E-state index contributed by atoms with van der Waals surface area (Å²) in [5.74, 6) is 0. The van der Waals surface area contributed by atoms with E-state index in [0.717, 1.165) is 16.7 Å². The molecule has 1 rings (SSSR count). The Kier molecular flexibility index (Phi) is 3.63. The molecule has 0 aliphatic heterocycles. The number of nitrogens with two attached hydrogens (primary N) is 1. The molecule has 4 heteroatoms. The van der Waals surface area contributed by atoms with Crippen molar-refractivity contribution in [3.63, 3.8) is 0 Å². The van der Waals surface area contributed by atoms with Crippen LogP contribution in [0.2, 0.25) is 0 Å². The van der Waals surface area contributed by atoms with E-state index in [9.17, 15) is 4.79 Å². The Labute approximate surface area is 94.0 Å². The Bertz CT molecular complexity index is 341. The van der Waals surface area contributed by atoms with Crippen molar-refractivity contribution in [1.82, 2.24) is 0 Å². The Hall–Kier alpha value is -1.16. The van der Waals surface area contributed by atoms with Gasteiger partial charge in [-0.05, 0) is 56.8 Å². The summed E-state index contributed by atoms with van der Waals surface area (Å²) >= 11 is 1.06. The molecule has 0 bridgehead atoms. The molecule has 0 aliphatic carbocycles. The molecule has 2 N–H and O–H groups in total. The van der Waals surface area contributed by atoms with Crippen LogP contribution in [0.1, 0.15) is 20.8 Å². The number of rotatable bonds is 1. The van der Waals surface area contributed by atoms with Gasteiger partial charge < -0.3 is 10.5 Å². The summed E-state index contributed by atoms with van der Waals surface area (Å²) in [6.07, 6.45) is 0. The van der Waals surface area contributed by atoms with Gasteiger partial charge in [0, 0.05) is 10.6 Å². The van der Waals surface area contributed by atoms with Crippen molar-refractivity contribution in [2.45, 2.75) is 31.3 Å². The van der Waals surface area contributed by atoms with Crippen LogP contribution in [0.3, 0.4) is 0 Å².